The predicted octanol–water partition coefficient (Wildman–Crippen LogP) is 5.58. The molecule has 0 aliphatic heterocycles. The Kier molecular flexibility index (Phi) is 24.3. The zero-order valence-corrected chi connectivity index (χ0v) is 21.1. The minimum Gasteiger partial charge on any atom is -0.480 e. The van der Waals surface area contributed by atoms with Crippen LogP contribution in [0.4, 0.5) is 0 Å². The molecule has 0 heterocycles. The van der Waals surface area contributed by atoms with Crippen LogP contribution in [0.3, 0.4) is 0 Å². The molecular formula is C25H52N2O4. The van der Waals surface area contributed by atoms with E-state index in [1.165, 1.54) is 77.0 Å². The third-order valence-corrected chi connectivity index (χ3v) is 5.41. The number of amides is 1. The van der Waals surface area contributed by atoms with E-state index < -0.39 is 12.6 Å². The number of carbonyl (C=O) groups is 2. The molecule has 6 nitrogen and oxygen atoms in total. The van der Waals surface area contributed by atoms with Crippen molar-refractivity contribution in [3.05, 3.63) is 0 Å². The van der Waals surface area contributed by atoms with E-state index in [-0.39, 0.29) is 12.1 Å². The lowest BCUT2D eigenvalue weighted by Gasteiger charge is -2.23. The molecule has 31 heavy (non-hydrogen) atoms. The SMILES string of the molecule is CCC(NC(=O)CCCCCCCCCCCCCCC(C)C)N(C)C.O=C(O)CO. The molecule has 0 saturated heterocycles. The molecule has 0 fully saturated rings. The summed E-state index contributed by atoms with van der Waals surface area (Å²) in [5, 5.41) is 18.1. The number of carboxylic acids is 1. The summed E-state index contributed by atoms with van der Waals surface area (Å²) in [6.45, 7) is 5.97. The first-order chi connectivity index (χ1) is 14.7. The van der Waals surface area contributed by atoms with Gasteiger partial charge in [0.2, 0.25) is 5.91 Å². The molecule has 0 radical (unpaired) electrons. The number of hydrogen-bond acceptors (Lipinski definition) is 4. The summed E-state index contributed by atoms with van der Waals surface area (Å²) in [6, 6.07) is 0. The molecule has 1 unspecified atom stereocenters. The van der Waals surface area contributed by atoms with Gasteiger partial charge in [0, 0.05) is 6.42 Å². The van der Waals surface area contributed by atoms with Gasteiger partial charge in [-0.25, -0.2) is 4.79 Å². The second kappa shape index (κ2) is 23.5. The van der Waals surface area contributed by atoms with E-state index in [4.69, 9.17) is 15.0 Å². The zero-order chi connectivity index (χ0) is 23.9. The first-order valence-electron chi connectivity index (χ1n) is 12.5. The standard InChI is InChI=1S/C23H48N2O.C2H4O3/c1-6-22(25(4)5)24-23(26)20-18-16-14-12-10-8-7-9-11-13-15-17-19-21(2)3;3-1-2(4)5/h21-22H,6-20H2,1-5H3,(H,24,26);3H,1H2,(H,4,5). The van der Waals surface area contributed by atoms with Crippen LogP contribution in [0.5, 0.6) is 0 Å². The molecular weight excluding hydrogens is 392 g/mol. The number of carbonyl (C=O) groups excluding carboxylic acids is 1. The van der Waals surface area contributed by atoms with Crippen LogP contribution in [0.1, 0.15) is 117 Å². The maximum atomic E-state index is 11.9. The van der Waals surface area contributed by atoms with Crippen LogP contribution in [0.2, 0.25) is 0 Å². The Hall–Kier alpha value is -1.14. The van der Waals surface area contributed by atoms with Gasteiger partial charge in [0.1, 0.15) is 6.61 Å². The second-order valence-corrected chi connectivity index (χ2v) is 9.18. The fourth-order valence-electron chi connectivity index (χ4n) is 3.46. The average molecular weight is 445 g/mol. The summed E-state index contributed by atoms with van der Waals surface area (Å²) in [4.78, 5) is 23.1. The smallest absolute Gasteiger partial charge is 0.329 e. The van der Waals surface area contributed by atoms with Crippen molar-refractivity contribution >= 4 is 11.9 Å². The van der Waals surface area contributed by atoms with Crippen molar-refractivity contribution in [1.82, 2.24) is 10.2 Å². The number of hydrogen-bond donors (Lipinski definition) is 3. The summed E-state index contributed by atoms with van der Waals surface area (Å²) < 4.78 is 0. The highest BCUT2D eigenvalue weighted by atomic mass is 16.4. The lowest BCUT2D eigenvalue weighted by Crippen LogP contribution is -2.44. The van der Waals surface area contributed by atoms with Crippen molar-refractivity contribution in [2.24, 2.45) is 5.92 Å². The van der Waals surface area contributed by atoms with E-state index in [1.807, 2.05) is 14.1 Å². The summed E-state index contributed by atoms with van der Waals surface area (Å²) >= 11 is 0. The van der Waals surface area contributed by atoms with E-state index in [0.717, 1.165) is 18.8 Å². The highest BCUT2D eigenvalue weighted by Crippen LogP contribution is 2.14. The van der Waals surface area contributed by atoms with Crippen LogP contribution in [0.15, 0.2) is 0 Å². The normalized spacial score (nSPS) is 11.9. The molecule has 6 heteroatoms. The Morgan fingerprint density at radius 2 is 1.19 bits per heavy atom. The van der Waals surface area contributed by atoms with Gasteiger partial charge in [0.05, 0.1) is 6.17 Å². The van der Waals surface area contributed by atoms with E-state index in [0.29, 0.717) is 6.42 Å². The van der Waals surface area contributed by atoms with Crippen molar-refractivity contribution in [1.29, 1.82) is 0 Å². The Balaban J connectivity index is 0. The molecule has 0 aromatic rings. The molecule has 3 N–H and O–H groups in total. The van der Waals surface area contributed by atoms with Crippen LogP contribution >= 0.6 is 0 Å². The first kappa shape index (κ1) is 32.0. The van der Waals surface area contributed by atoms with E-state index in [2.05, 4.69) is 31.0 Å². The summed E-state index contributed by atoms with van der Waals surface area (Å²) in [5.41, 5.74) is 0. The molecule has 0 spiro atoms. The van der Waals surface area contributed by atoms with Crippen LogP contribution in [-0.4, -0.2) is 53.9 Å². The molecule has 1 amide bonds. The highest BCUT2D eigenvalue weighted by Gasteiger charge is 2.11. The van der Waals surface area contributed by atoms with Crippen molar-refractivity contribution < 1.29 is 19.8 Å². The van der Waals surface area contributed by atoms with E-state index in [9.17, 15) is 4.79 Å². The molecule has 0 aliphatic rings. The lowest BCUT2D eigenvalue weighted by atomic mass is 10.0. The molecule has 0 aliphatic carbocycles. The minimum absolute atomic E-state index is 0.178. The Bertz CT molecular complexity index is 414. The number of aliphatic hydroxyl groups is 1. The largest absolute Gasteiger partial charge is 0.480 e. The molecule has 186 valence electrons. The third kappa shape index (κ3) is 26.8. The number of aliphatic hydroxyl groups excluding tert-OH is 1. The molecule has 0 saturated carbocycles. The second-order valence-electron chi connectivity index (χ2n) is 9.18. The van der Waals surface area contributed by atoms with Crippen LogP contribution in [0, 0.1) is 5.92 Å². The van der Waals surface area contributed by atoms with Gasteiger partial charge in [0.25, 0.3) is 0 Å². The summed E-state index contributed by atoms with van der Waals surface area (Å²) in [5.74, 6) is -0.111. The topological polar surface area (TPSA) is 89.9 Å². The monoisotopic (exact) mass is 444 g/mol. The van der Waals surface area contributed by atoms with Gasteiger partial charge in [-0.05, 0) is 32.9 Å². The number of nitrogens with one attached hydrogen (secondary N) is 1. The molecule has 0 aromatic carbocycles. The predicted molar refractivity (Wildman–Crippen MR) is 130 cm³/mol. The number of carboxylic acid groups (broad SMARTS) is 1. The third-order valence-electron chi connectivity index (χ3n) is 5.41. The van der Waals surface area contributed by atoms with Crippen LogP contribution in [-0.2, 0) is 9.59 Å². The van der Waals surface area contributed by atoms with Gasteiger partial charge in [0.15, 0.2) is 0 Å². The molecule has 0 bridgehead atoms. The highest BCUT2D eigenvalue weighted by molar-refractivity contribution is 5.76. The molecule has 1 atom stereocenters. The number of nitrogens with zero attached hydrogens (tertiary/aromatic N) is 1. The Labute approximate surface area is 192 Å². The lowest BCUT2D eigenvalue weighted by molar-refractivity contribution is -0.140. The van der Waals surface area contributed by atoms with Crippen LogP contribution in [0.25, 0.3) is 0 Å². The molecule has 0 aromatic heterocycles. The number of aliphatic carboxylic acids is 1. The maximum absolute atomic E-state index is 11.9. The average Bonchev–Trinajstić information content (AvgIpc) is 2.72. The van der Waals surface area contributed by atoms with Crippen molar-refractivity contribution in [3.8, 4) is 0 Å². The van der Waals surface area contributed by atoms with Crippen LogP contribution < -0.4 is 5.32 Å². The summed E-state index contributed by atoms with van der Waals surface area (Å²) in [6.07, 6.45) is 19.4. The van der Waals surface area contributed by atoms with E-state index in [1.54, 1.807) is 0 Å². The quantitative estimate of drug-likeness (QED) is 0.179. The minimum atomic E-state index is -1.19. The molecule has 0 rings (SSSR count). The zero-order valence-electron chi connectivity index (χ0n) is 21.1. The van der Waals surface area contributed by atoms with Crippen molar-refractivity contribution in [2.75, 3.05) is 20.7 Å². The number of unbranched alkanes of at least 4 members (excludes halogenated alkanes) is 11. The van der Waals surface area contributed by atoms with Crippen molar-refractivity contribution in [3.63, 3.8) is 0 Å². The number of rotatable bonds is 19. The fraction of sp³-hybridized carbons (Fsp3) is 0.920. The van der Waals surface area contributed by atoms with Gasteiger partial charge in [-0.3, -0.25) is 9.69 Å². The van der Waals surface area contributed by atoms with Gasteiger partial charge < -0.3 is 15.5 Å². The summed E-state index contributed by atoms with van der Waals surface area (Å²) in [7, 11) is 4.03. The van der Waals surface area contributed by atoms with Gasteiger partial charge in [-0.15, -0.1) is 0 Å². The van der Waals surface area contributed by atoms with Gasteiger partial charge in [-0.1, -0.05) is 97.8 Å². The Morgan fingerprint density at radius 1 is 0.806 bits per heavy atom. The van der Waals surface area contributed by atoms with Gasteiger partial charge >= 0.3 is 5.97 Å². The van der Waals surface area contributed by atoms with E-state index >= 15 is 0 Å². The van der Waals surface area contributed by atoms with Gasteiger partial charge in [-0.2, -0.15) is 0 Å². The Morgan fingerprint density at radius 3 is 1.52 bits per heavy atom. The van der Waals surface area contributed by atoms with Crippen molar-refractivity contribution in [2.45, 2.75) is 123 Å². The maximum Gasteiger partial charge on any atom is 0.329 e. The first-order valence-corrected chi connectivity index (χ1v) is 12.5. The fourth-order valence-corrected chi connectivity index (χ4v) is 3.46.